The maximum Gasteiger partial charge on any atom is 0.416 e. The maximum atomic E-state index is 12.7. The molecule has 2 aromatic rings. The molecule has 0 aliphatic carbocycles. The zero-order valence-corrected chi connectivity index (χ0v) is 13.1. The highest BCUT2D eigenvalue weighted by Gasteiger charge is 2.31. The predicted molar refractivity (Wildman–Crippen MR) is 80.7 cm³/mol. The summed E-state index contributed by atoms with van der Waals surface area (Å²) >= 11 is 5.80. The molecule has 2 amide bonds. The summed E-state index contributed by atoms with van der Waals surface area (Å²) in [5, 5.41) is 8.54. The third-order valence-corrected chi connectivity index (χ3v) is 3.34. The van der Waals surface area contributed by atoms with Crippen molar-refractivity contribution in [3.05, 3.63) is 46.7 Å². The van der Waals surface area contributed by atoms with Crippen molar-refractivity contribution in [3.63, 3.8) is 0 Å². The fraction of sp³-hybridized carbons (Fsp3) is 0.214. The van der Waals surface area contributed by atoms with E-state index in [0.29, 0.717) is 6.07 Å². The molecule has 0 saturated heterocycles. The van der Waals surface area contributed by atoms with Gasteiger partial charge in [0.2, 0.25) is 5.91 Å². The minimum Gasteiger partial charge on any atom is -0.358 e. The summed E-state index contributed by atoms with van der Waals surface area (Å²) in [5.74, 6) is -1.11. The van der Waals surface area contributed by atoms with Crippen molar-refractivity contribution in [2.24, 2.45) is 0 Å². The number of aromatic nitrogens is 2. The molecule has 24 heavy (non-hydrogen) atoms. The van der Waals surface area contributed by atoms with E-state index in [1.165, 1.54) is 24.1 Å². The van der Waals surface area contributed by atoms with E-state index in [9.17, 15) is 22.8 Å². The van der Waals surface area contributed by atoms with Crippen LogP contribution >= 0.6 is 11.6 Å². The lowest BCUT2D eigenvalue weighted by Crippen LogP contribution is -2.23. The van der Waals surface area contributed by atoms with Gasteiger partial charge in [0, 0.05) is 13.2 Å². The molecule has 1 aromatic heterocycles. The second kappa shape index (κ2) is 6.91. The Balaban J connectivity index is 2.17. The molecule has 10 heteroatoms. The first kappa shape index (κ1) is 17.8. The highest BCUT2D eigenvalue weighted by Crippen LogP contribution is 2.32. The number of nitrogens with one attached hydrogen (secondary N) is 2. The molecule has 0 bridgehead atoms. The molecule has 0 aliphatic heterocycles. The molecule has 1 heterocycles. The van der Waals surface area contributed by atoms with E-state index in [-0.39, 0.29) is 28.7 Å². The Kier molecular flexibility index (Phi) is 5.13. The average molecular weight is 361 g/mol. The standard InChI is InChI=1S/C14H12ClF3N4O2/c1-19-12(23)7-22-6-9(5-20-22)21-13(24)10-4-8(14(16,17)18)2-3-11(10)15/h2-6H,7H2,1H3,(H,19,23)(H,21,24). The van der Waals surface area contributed by atoms with Crippen LogP contribution in [0.5, 0.6) is 0 Å². The van der Waals surface area contributed by atoms with Gasteiger partial charge in [-0.25, -0.2) is 0 Å². The first-order valence-corrected chi connectivity index (χ1v) is 6.99. The summed E-state index contributed by atoms with van der Waals surface area (Å²) in [6.45, 7) is -0.0588. The van der Waals surface area contributed by atoms with Crippen LogP contribution in [0.3, 0.4) is 0 Å². The number of nitrogens with zero attached hydrogens (tertiary/aromatic N) is 2. The van der Waals surface area contributed by atoms with Gasteiger partial charge in [-0.05, 0) is 18.2 Å². The van der Waals surface area contributed by atoms with Crippen molar-refractivity contribution in [1.82, 2.24) is 15.1 Å². The largest absolute Gasteiger partial charge is 0.416 e. The van der Waals surface area contributed by atoms with Crippen LogP contribution in [0.4, 0.5) is 18.9 Å². The molecule has 0 unspecified atom stereocenters. The summed E-state index contributed by atoms with van der Waals surface area (Å²) in [7, 11) is 1.46. The number of hydrogen-bond acceptors (Lipinski definition) is 3. The third kappa shape index (κ3) is 4.25. The lowest BCUT2D eigenvalue weighted by molar-refractivity contribution is -0.137. The molecule has 128 valence electrons. The van der Waals surface area contributed by atoms with E-state index in [4.69, 9.17) is 11.6 Å². The highest BCUT2D eigenvalue weighted by atomic mass is 35.5. The van der Waals surface area contributed by atoms with Crippen LogP contribution in [0.1, 0.15) is 15.9 Å². The van der Waals surface area contributed by atoms with Gasteiger partial charge in [-0.1, -0.05) is 11.6 Å². The number of benzene rings is 1. The van der Waals surface area contributed by atoms with Gasteiger partial charge in [0.25, 0.3) is 5.91 Å². The number of carbonyl (C=O) groups is 2. The van der Waals surface area contributed by atoms with E-state index >= 15 is 0 Å². The topological polar surface area (TPSA) is 76.0 Å². The zero-order chi connectivity index (χ0) is 17.9. The molecule has 0 spiro atoms. The fourth-order valence-corrected chi connectivity index (χ4v) is 2.02. The Labute approximate surface area is 139 Å². The third-order valence-electron chi connectivity index (χ3n) is 3.01. The van der Waals surface area contributed by atoms with Gasteiger partial charge in [-0.15, -0.1) is 0 Å². The van der Waals surface area contributed by atoms with Crippen LogP contribution in [-0.2, 0) is 17.5 Å². The molecule has 0 fully saturated rings. The fourth-order valence-electron chi connectivity index (χ4n) is 1.81. The normalized spacial score (nSPS) is 11.2. The SMILES string of the molecule is CNC(=O)Cn1cc(NC(=O)c2cc(C(F)(F)F)ccc2Cl)cn1. The van der Waals surface area contributed by atoms with Crippen LogP contribution in [-0.4, -0.2) is 28.6 Å². The lowest BCUT2D eigenvalue weighted by atomic mass is 10.1. The first-order valence-electron chi connectivity index (χ1n) is 6.62. The van der Waals surface area contributed by atoms with Crippen molar-refractivity contribution in [2.75, 3.05) is 12.4 Å². The Morgan fingerprint density at radius 1 is 1.33 bits per heavy atom. The van der Waals surface area contributed by atoms with Crippen LogP contribution in [0, 0.1) is 0 Å². The Bertz CT molecular complexity index is 774. The van der Waals surface area contributed by atoms with Crippen LogP contribution in [0.25, 0.3) is 0 Å². The molecular formula is C14H12ClF3N4O2. The van der Waals surface area contributed by atoms with E-state index in [0.717, 1.165) is 12.1 Å². The molecule has 0 radical (unpaired) electrons. The Morgan fingerprint density at radius 2 is 2.04 bits per heavy atom. The number of halogens is 4. The van der Waals surface area contributed by atoms with Gasteiger partial charge in [0.1, 0.15) is 6.54 Å². The number of anilines is 1. The van der Waals surface area contributed by atoms with E-state index in [1.54, 1.807) is 0 Å². The molecular weight excluding hydrogens is 349 g/mol. The number of likely N-dealkylation sites (N-methyl/N-ethyl adjacent to an activating group) is 1. The van der Waals surface area contributed by atoms with Crippen molar-refractivity contribution in [3.8, 4) is 0 Å². The summed E-state index contributed by atoms with van der Waals surface area (Å²) in [6.07, 6.45) is -1.95. The van der Waals surface area contributed by atoms with Gasteiger partial charge in [0.05, 0.1) is 28.0 Å². The summed E-state index contributed by atoms with van der Waals surface area (Å²) in [6, 6.07) is 2.47. The molecule has 2 rings (SSSR count). The maximum absolute atomic E-state index is 12.7. The van der Waals surface area contributed by atoms with Gasteiger partial charge in [0.15, 0.2) is 0 Å². The number of hydrogen-bond donors (Lipinski definition) is 2. The Morgan fingerprint density at radius 3 is 2.67 bits per heavy atom. The molecule has 1 aromatic carbocycles. The minimum absolute atomic E-state index is 0.0588. The number of carbonyl (C=O) groups excluding carboxylic acids is 2. The molecule has 0 atom stereocenters. The van der Waals surface area contributed by atoms with E-state index in [2.05, 4.69) is 15.7 Å². The van der Waals surface area contributed by atoms with Gasteiger partial charge in [-0.3, -0.25) is 14.3 Å². The van der Waals surface area contributed by atoms with Crippen molar-refractivity contribution >= 4 is 29.1 Å². The molecule has 0 aliphatic rings. The van der Waals surface area contributed by atoms with E-state index in [1.807, 2.05) is 0 Å². The van der Waals surface area contributed by atoms with Crippen LogP contribution in [0.15, 0.2) is 30.6 Å². The van der Waals surface area contributed by atoms with Crippen molar-refractivity contribution < 1.29 is 22.8 Å². The monoisotopic (exact) mass is 360 g/mol. The second-order valence-corrected chi connectivity index (χ2v) is 5.15. The first-order chi connectivity index (χ1) is 11.2. The quantitative estimate of drug-likeness (QED) is 0.879. The van der Waals surface area contributed by atoms with E-state index < -0.39 is 17.6 Å². The number of amides is 2. The number of alkyl halides is 3. The summed E-state index contributed by atoms with van der Waals surface area (Å²) in [5.41, 5.74) is -1.07. The average Bonchev–Trinajstić information content (AvgIpc) is 2.93. The van der Waals surface area contributed by atoms with Crippen molar-refractivity contribution in [1.29, 1.82) is 0 Å². The number of rotatable bonds is 4. The van der Waals surface area contributed by atoms with Crippen molar-refractivity contribution in [2.45, 2.75) is 12.7 Å². The van der Waals surface area contributed by atoms with Gasteiger partial charge >= 0.3 is 6.18 Å². The highest BCUT2D eigenvalue weighted by molar-refractivity contribution is 6.34. The predicted octanol–water partition coefficient (Wildman–Crippen LogP) is 2.55. The lowest BCUT2D eigenvalue weighted by Gasteiger charge is -2.10. The minimum atomic E-state index is -4.59. The zero-order valence-electron chi connectivity index (χ0n) is 12.3. The van der Waals surface area contributed by atoms with Gasteiger partial charge in [-0.2, -0.15) is 18.3 Å². The molecule has 6 nitrogen and oxygen atoms in total. The molecule has 0 saturated carbocycles. The van der Waals surface area contributed by atoms with Crippen LogP contribution in [0.2, 0.25) is 5.02 Å². The smallest absolute Gasteiger partial charge is 0.358 e. The molecule has 2 N–H and O–H groups in total. The van der Waals surface area contributed by atoms with Gasteiger partial charge < -0.3 is 10.6 Å². The van der Waals surface area contributed by atoms with Crippen LogP contribution < -0.4 is 10.6 Å². The Hall–Kier alpha value is -2.55. The summed E-state index contributed by atoms with van der Waals surface area (Å²) in [4.78, 5) is 23.3. The summed E-state index contributed by atoms with van der Waals surface area (Å²) < 4.78 is 39.4. The second-order valence-electron chi connectivity index (χ2n) is 4.75.